The van der Waals surface area contributed by atoms with E-state index >= 15 is 0 Å². The number of amides is 1. The van der Waals surface area contributed by atoms with Crippen LogP contribution in [0.1, 0.15) is 19.0 Å². The lowest BCUT2D eigenvalue weighted by Gasteiger charge is -2.19. The van der Waals surface area contributed by atoms with Gasteiger partial charge in [0.15, 0.2) is 5.13 Å². The predicted octanol–water partition coefficient (Wildman–Crippen LogP) is 1.48. The fourth-order valence-electron chi connectivity index (χ4n) is 2.36. The van der Waals surface area contributed by atoms with E-state index in [4.69, 9.17) is 5.73 Å². The number of hydrogen-bond acceptors (Lipinski definition) is 5. The molecule has 0 radical (unpaired) electrons. The Kier molecular flexibility index (Phi) is 6.19. The monoisotopic (exact) mass is 304 g/mol. The topological polar surface area (TPSA) is 71.2 Å². The standard InChI is InChI=1S/C12H20N4OS.ClH/c1-8-7-18-12(14-8)15-11(17)6-16-5-10(4-13)3-9(16)2;/h7,9-10H,3-6,13H2,1-2H3,(H,14,15,17);1H. The van der Waals surface area contributed by atoms with Gasteiger partial charge in [0.25, 0.3) is 0 Å². The van der Waals surface area contributed by atoms with E-state index in [1.54, 1.807) is 0 Å². The summed E-state index contributed by atoms with van der Waals surface area (Å²) in [6.45, 7) is 6.11. The van der Waals surface area contributed by atoms with Gasteiger partial charge in [-0.25, -0.2) is 4.98 Å². The summed E-state index contributed by atoms with van der Waals surface area (Å²) in [5.41, 5.74) is 6.62. The maximum Gasteiger partial charge on any atom is 0.240 e. The van der Waals surface area contributed by atoms with Crippen LogP contribution in [0.25, 0.3) is 0 Å². The van der Waals surface area contributed by atoms with Crippen molar-refractivity contribution in [1.82, 2.24) is 9.88 Å². The van der Waals surface area contributed by atoms with Crippen molar-refractivity contribution >= 4 is 34.8 Å². The molecule has 2 rings (SSSR count). The molecule has 1 fully saturated rings. The Labute approximate surface area is 124 Å². The highest BCUT2D eigenvalue weighted by atomic mass is 35.5. The van der Waals surface area contributed by atoms with E-state index in [0.717, 1.165) is 18.7 Å². The first-order valence-corrected chi connectivity index (χ1v) is 7.12. The van der Waals surface area contributed by atoms with Crippen molar-refractivity contribution in [2.24, 2.45) is 11.7 Å². The molecule has 1 aromatic heterocycles. The zero-order chi connectivity index (χ0) is 13.1. The van der Waals surface area contributed by atoms with Crippen LogP contribution in [0.3, 0.4) is 0 Å². The highest BCUT2D eigenvalue weighted by Crippen LogP contribution is 2.22. The molecule has 5 nitrogen and oxygen atoms in total. The molecule has 1 aliphatic rings. The number of nitrogens with two attached hydrogens (primary N) is 1. The fourth-order valence-corrected chi connectivity index (χ4v) is 3.07. The number of aromatic nitrogens is 1. The summed E-state index contributed by atoms with van der Waals surface area (Å²) in [7, 11) is 0. The summed E-state index contributed by atoms with van der Waals surface area (Å²) < 4.78 is 0. The maximum atomic E-state index is 11.9. The molecule has 1 aromatic rings. The minimum atomic E-state index is 0. The van der Waals surface area contributed by atoms with E-state index in [2.05, 4.69) is 22.1 Å². The second-order valence-electron chi connectivity index (χ2n) is 4.96. The van der Waals surface area contributed by atoms with E-state index in [1.165, 1.54) is 11.3 Å². The summed E-state index contributed by atoms with van der Waals surface area (Å²) >= 11 is 1.46. The smallest absolute Gasteiger partial charge is 0.240 e. The van der Waals surface area contributed by atoms with Crippen LogP contribution in [0.5, 0.6) is 0 Å². The number of thiazole rings is 1. The summed E-state index contributed by atoms with van der Waals surface area (Å²) in [6, 6.07) is 0.433. The van der Waals surface area contributed by atoms with E-state index in [-0.39, 0.29) is 18.3 Å². The molecule has 0 spiro atoms. The average Bonchev–Trinajstić information content (AvgIpc) is 2.86. The van der Waals surface area contributed by atoms with Crippen molar-refractivity contribution in [2.75, 3.05) is 25.0 Å². The number of halogens is 1. The molecular formula is C12H21ClN4OS. The molecule has 3 N–H and O–H groups in total. The summed E-state index contributed by atoms with van der Waals surface area (Å²) in [6.07, 6.45) is 1.08. The van der Waals surface area contributed by atoms with Gasteiger partial charge in [-0.2, -0.15) is 0 Å². The zero-order valence-corrected chi connectivity index (χ0v) is 12.9. The third-order valence-electron chi connectivity index (χ3n) is 3.34. The Morgan fingerprint density at radius 3 is 2.95 bits per heavy atom. The minimum absolute atomic E-state index is 0. The van der Waals surface area contributed by atoms with Gasteiger partial charge in [0.05, 0.1) is 12.2 Å². The number of anilines is 1. The molecule has 2 unspecified atom stereocenters. The first-order chi connectivity index (χ1) is 8.58. The maximum absolute atomic E-state index is 11.9. The summed E-state index contributed by atoms with van der Waals surface area (Å²) in [5.74, 6) is 0.531. The fraction of sp³-hybridized carbons (Fsp3) is 0.667. The Balaban J connectivity index is 0.00000180. The quantitative estimate of drug-likeness (QED) is 0.884. The normalized spacial score (nSPS) is 23.1. The highest BCUT2D eigenvalue weighted by molar-refractivity contribution is 7.13. The summed E-state index contributed by atoms with van der Waals surface area (Å²) in [5, 5.41) is 5.45. The lowest BCUT2D eigenvalue weighted by molar-refractivity contribution is -0.117. The van der Waals surface area contributed by atoms with Gasteiger partial charge in [-0.1, -0.05) is 0 Å². The highest BCUT2D eigenvalue weighted by Gasteiger charge is 2.29. The molecule has 7 heteroatoms. The second-order valence-corrected chi connectivity index (χ2v) is 5.82. The van der Waals surface area contributed by atoms with Crippen molar-refractivity contribution < 1.29 is 4.79 Å². The number of rotatable bonds is 4. The Morgan fingerprint density at radius 1 is 1.68 bits per heavy atom. The number of hydrogen-bond donors (Lipinski definition) is 2. The number of likely N-dealkylation sites (tertiary alicyclic amines) is 1. The largest absolute Gasteiger partial charge is 0.330 e. The molecule has 1 amide bonds. The van der Waals surface area contributed by atoms with Crippen molar-refractivity contribution in [3.63, 3.8) is 0 Å². The van der Waals surface area contributed by atoms with Crippen LogP contribution in [0.2, 0.25) is 0 Å². The van der Waals surface area contributed by atoms with Gasteiger partial charge in [-0.05, 0) is 32.7 Å². The molecule has 0 aliphatic carbocycles. The predicted molar refractivity (Wildman–Crippen MR) is 80.9 cm³/mol. The molecule has 0 aromatic carbocycles. The van der Waals surface area contributed by atoms with E-state index in [0.29, 0.717) is 30.2 Å². The van der Waals surface area contributed by atoms with Crippen molar-refractivity contribution in [2.45, 2.75) is 26.3 Å². The van der Waals surface area contributed by atoms with Crippen molar-refractivity contribution in [1.29, 1.82) is 0 Å². The number of aryl methyl sites for hydroxylation is 1. The molecule has 2 atom stereocenters. The van der Waals surface area contributed by atoms with Gasteiger partial charge in [0.2, 0.25) is 5.91 Å². The molecule has 0 bridgehead atoms. The van der Waals surface area contributed by atoms with Crippen LogP contribution in [0.4, 0.5) is 5.13 Å². The van der Waals surface area contributed by atoms with Crippen LogP contribution < -0.4 is 11.1 Å². The molecule has 19 heavy (non-hydrogen) atoms. The average molecular weight is 305 g/mol. The number of nitrogens with zero attached hydrogens (tertiary/aromatic N) is 2. The molecule has 1 saturated heterocycles. The van der Waals surface area contributed by atoms with Crippen molar-refractivity contribution in [3.8, 4) is 0 Å². The van der Waals surface area contributed by atoms with Gasteiger partial charge < -0.3 is 11.1 Å². The Morgan fingerprint density at radius 2 is 2.42 bits per heavy atom. The van der Waals surface area contributed by atoms with E-state index in [1.807, 2.05) is 12.3 Å². The first kappa shape index (κ1) is 16.4. The Bertz CT molecular complexity index is 426. The van der Waals surface area contributed by atoms with E-state index < -0.39 is 0 Å². The molecule has 108 valence electrons. The van der Waals surface area contributed by atoms with Gasteiger partial charge in [0.1, 0.15) is 0 Å². The summed E-state index contributed by atoms with van der Waals surface area (Å²) in [4.78, 5) is 18.3. The molecular weight excluding hydrogens is 284 g/mol. The van der Waals surface area contributed by atoms with Gasteiger partial charge in [0, 0.05) is 18.0 Å². The second kappa shape index (κ2) is 7.19. The SMILES string of the molecule is Cc1csc(NC(=O)CN2CC(CN)CC2C)n1.Cl. The molecule has 2 heterocycles. The number of nitrogens with one attached hydrogen (secondary N) is 1. The Hall–Kier alpha value is -0.690. The van der Waals surface area contributed by atoms with E-state index in [9.17, 15) is 4.79 Å². The van der Waals surface area contributed by atoms with Gasteiger partial charge in [-0.3, -0.25) is 9.69 Å². The van der Waals surface area contributed by atoms with Gasteiger partial charge >= 0.3 is 0 Å². The first-order valence-electron chi connectivity index (χ1n) is 6.24. The zero-order valence-electron chi connectivity index (χ0n) is 11.3. The van der Waals surface area contributed by atoms with Crippen LogP contribution in [-0.2, 0) is 4.79 Å². The number of carbonyl (C=O) groups excluding carboxylic acids is 1. The molecule has 1 aliphatic heterocycles. The lowest BCUT2D eigenvalue weighted by atomic mass is 10.1. The lowest BCUT2D eigenvalue weighted by Crippen LogP contribution is -2.35. The third kappa shape index (κ3) is 4.42. The van der Waals surface area contributed by atoms with Crippen LogP contribution >= 0.6 is 23.7 Å². The molecule has 0 saturated carbocycles. The number of carbonyl (C=O) groups is 1. The van der Waals surface area contributed by atoms with Gasteiger partial charge in [-0.15, -0.1) is 23.7 Å². The van der Waals surface area contributed by atoms with Crippen LogP contribution in [0.15, 0.2) is 5.38 Å². The van der Waals surface area contributed by atoms with Crippen molar-refractivity contribution in [3.05, 3.63) is 11.1 Å². The third-order valence-corrected chi connectivity index (χ3v) is 4.21. The minimum Gasteiger partial charge on any atom is -0.330 e. The van der Waals surface area contributed by atoms with Crippen LogP contribution in [0, 0.1) is 12.8 Å². The van der Waals surface area contributed by atoms with Crippen LogP contribution in [-0.4, -0.2) is 41.5 Å².